The lowest BCUT2D eigenvalue weighted by Crippen LogP contribution is -2.36. The normalized spacial score (nSPS) is 10.5. The average Bonchev–Trinajstić information content (AvgIpc) is 3.21. The predicted molar refractivity (Wildman–Crippen MR) is 112 cm³/mol. The molecule has 2 aromatic carbocycles. The molecule has 2 amide bonds. The van der Waals surface area contributed by atoms with Gasteiger partial charge in [0.25, 0.3) is 5.91 Å². The van der Waals surface area contributed by atoms with Gasteiger partial charge in [0.05, 0.1) is 5.02 Å². The van der Waals surface area contributed by atoms with Crippen molar-refractivity contribution in [2.75, 3.05) is 19.7 Å². The number of hydrogen-bond acceptors (Lipinski definition) is 6. The molecular formula is C19H15Cl3N4O4. The Kier molecular flexibility index (Phi) is 7.51. The van der Waals surface area contributed by atoms with E-state index in [1.807, 2.05) is 0 Å². The molecule has 156 valence electrons. The number of amides is 2. The maximum absolute atomic E-state index is 12.1. The highest BCUT2D eigenvalue weighted by Gasteiger charge is 2.16. The average molecular weight is 470 g/mol. The molecule has 0 saturated heterocycles. The standard InChI is InChI=1S/C19H15Cl3N4O4/c20-12-3-1-2-11(8-12)17-25-19(30-26-17)18(28)24-7-6-23-16(27)10-29-15-5-4-13(21)9-14(15)22/h1-5,8-9H,6-7,10H2,(H,23,27)(H,24,28). The Balaban J connectivity index is 1.40. The summed E-state index contributed by atoms with van der Waals surface area (Å²) in [4.78, 5) is 27.9. The van der Waals surface area contributed by atoms with E-state index >= 15 is 0 Å². The molecule has 8 nitrogen and oxygen atoms in total. The molecule has 1 aromatic heterocycles. The molecule has 0 spiro atoms. The van der Waals surface area contributed by atoms with Crippen LogP contribution in [0.15, 0.2) is 47.0 Å². The molecule has 0 aliphatic carbocycles. The third-order valence-electron chi connectivity index (χ3n) is 3.69. The molecule has 0 fully saturated rings. The van der Waals surface area contributed by atoms with Crippen molar-refractivity contribution < 1.29 is 18.8 Å². The Morgan fingerprint density at radius 2 is 1.77 bits per heavy atom. The van der Waals surface area contributed by atoms with Crippen LogP contribution in [0.1, 0.15) is 10.7 Å². The van der Waals surface area contributed by atoms with Gasteiger partial charge in [0.2, 0.25) is 5.82 Å². The number of hydrogen-bond donors (Lipinski definition) is 2. The summed E-state index contributed by atoms with van der Waals surface area (Å²) in [5, 5.41) is 10.2. The number of rotatable bonds is 8. The number of benzene rings is 2. The fourth-order valence-corrected chi connectivity index (χ4v) is 2.95. The van der Waals surface area contributed by atoms with Crippen LogP contribution in [-0.4, -0.2) is 41.7 Å². The summed E-state index contributed by atoms with van der Waals surface area (Å²) in [6, 6.07) is 11.5. The quantitative estimate of drug-likeness (QED) is 0.488. The van der Waals surface area contributed by atoms with Gasteiger partial charge in [0.1, 0.15) is 5.75 Å². The van der Waals surface area contributed by atoms with E-state index in [1.54, 1.807) is 36.4 Å². The number of carbonyl (C=O) groups excluding carboxylic acids is 2. The number of nitrogens with zero attached hydrogens (tertiary/aromatic N) is 2. The van der Waals surface area contributed by atoms with Gasteiger partial charge in [-0.25, -0.2) is 0 Å². The van der Waals surface area contributed by atoms with Crippen LogP contribution < -0.4 is 15.4 Å². The second-order valence-corrected chi connectivity index (χ2v) is 7.18. The van der Waals surface area contributed by atoms with Crippen molar-refractivity contribution in [3.05, 3.63) is 63.4 Å². The van der Waals surface area contributed by atoms with E-state index in [4.69, 9.17) is 44.1 Å². The molecule has 0 atom stereocenters. The van der Waals surface area contributed by atoms with E-state index in [1.165, 1.54) is 6.07 Å². The van der Waals surface area contributed by atoms with Gasteiger partial charge in [0.15, 0.2) is 6.61 Å². The van der Waals surface area contributed by atoms with Crippen LogP contribution in [0.5, 0.6) is 5.75 Å². The molecule has 3 aromatic rings. The van der Waals surface area contributed by atoms with Gasteiger partial charge in [-0.2, -0.15) is 4.98 Å². The molecule has 0 radical (unpaired) electrons. The van der Waals surface area contributed by atoms with Gasteiger partial charge in [-0.05, 0) is 30.3 Å². The fourth-order valence-electron chi connectivity index (χ4n) is 2.30. The van der Waals surface area contributed by atoms with Crippen LogP contribution in [0.2, 0.25) is 15.1 Å². The van der Waals surface area contributed by atoms with Crippen LogP contribution in [0.4, 0.5) is 0 Å². The summed E-state index contributed by atoms with van der Waals surface area (Å²) in [5.41, 5.74) is 0.623. The second kappa shape index (κ2) is 10.3. The summed E-state index contributed by atoms with van der Waals surface area (Å²) in [6.07, 6.45) is 0. The van der Waals surface area contributed by atoms with E-state index in [9.17, 15) is 9.59 Å². The first-order chi connectivity index (χ1) is 14.4. The molecule has 0 aliphatic rings. The Labute approximate surface area is 186 Å². The molecular weight excluding hydrogens is 455 g/mol. The van der Waals surface area contributed by atoms with Crippen molar-refractivity contribution in [1.82, 2.24) is 20.8 Å². The first-order valence-corrected chi connectivity index (χ1v) is 9.78. The van der Waals surface area contributed by atoms with E-state index < -0.39 is 5.91 Å². The van der Waals surface area contributed by atoms with Crippen molar-refractivity contribution in [3.8, 4) is 17.1 Å². The van der Waals surface area contributed by atoms with E-state index in [0.717, 1.165) is 0 Å². The SMILES string of the molecule is O=C(COc1ccc(Cl)cc1Cl)NCCNC(=O)c1nc(-c2cccc(Cl)c2)no1. The molecule has 2 N–H and O–H groups in total. The van der Waals surface area contributed by atoms with Crippen molar-refractivity contribution in [1.29, 1.82) is 0 Å². The highest BCUT2D eigenvalue weighted by molar-refractivity contribution is 6.35. The van der Waals surface area contributed by atoms with Crippen LogP contribution in [0.25, 0.3) is 11.4 Å². The summed E-state index contributed by atoms with van der Waals surface area (Å²) in [7, 11) is 0. The number of ether oxygens (including phenoxy) is 1. The topological polar surface area (TPSA) is 106 Å². The minimum atomic E-state index is -0.561. The van der Waals surface area contributed by atoms with Crippen LogP contribution in [0.3, 0.4) is 0 Å². The molecule has 11 heteroatoms. The highest BCUT2D eigenvalue weighted by Crippen LogP contribution is 2.27. The second-order valence-electron chi connectivity index (χ2n) is 5.90. The third-order valence-corrected chi connectivity index (χ3v) is 4.45. The Morgan fingerprint density at radius 3 is 2.53 bits per heavy atom. The Morgan fingerprint density at radius 1 is 1.00 bits per heavy atom. The minimum Gasteiger partial charge on any atom is -0.482 e. The largest absolute Gasteiger partial charge is 0.482 e. The summed E-state index contributed by atoms with van der Waals surface area (Å²) >= 11 is 17.7. The lowest BCUT2D eigenvalue weighted by Gasteiger charge is -2.09. The smallest absolute Gasteiger partial charge is 0.316 e. The van der Waals surface area contributed by atoms with Crippen LogP contribution >= 0.6 is 34.8 Å². The van der Waals surface area contributed by atoms with E-state index in [-0.39, 0.29) is 37.3 Å². The molecule has 3 rings (SSSR count). The molecule has 0 unspecified atom stereocenters. The van der Waals surface area contributed by atoms with E-state index in [0.29, 0.717) is 26.4 Å². The van der Waals surface area contributed by atoms with Gasteiger partial charge in [-0.3, -0.25) is 9.59 Å². The van der Waals surface area contributed by atoms with Gasteiger partial charge in [0, 0.05) is 28.7 Å². The molecule has 0 saturated carbocycles. The van der Waals surface area contributed by atoms with Crippen molar-refractivity contribution in [3.63, 3.8) is 0 Å². The summed E-state index contributed by atoms with van der Waals surface area (Å²) in [5.74, 6) is -0.548. The van der Waals surface area contributed by atoms with Crippen molar-refractivity contribution in [2.24, 2.45) is 0 Å². The zero-order valence-electron chi connectivity index (χ0n) is 15.3. The number of carbonyl (C=O) groups is 2. The number of aromatic nitrogens is 2. The molecule has 1 heterocycles. The molecule has 0 bridgehead atoms. The lowest BCUT2D eigenvalue weighted by atomic mass is 10.2. The van der Waals surface area contributed by atoms with E-state index in [2.05, 4.69) is 20.8 Å². The minimum absolute atomic E-state index is 0.154. The zero-order chi connectivity index (χ0) is 21.5. The maximum Gasteiger partial charge on any atom is 0.316 e. The molecule has 30 heavy (non-hydrogen) atoms. The van der Waals surface area contributed by atoms with Crippen LogP contribution in [0, 0.1) is 0 Å². The van der Waals surface area contributed by atoms with Crippen molar-refractivity contribution in [2.45, 2.75) is 0 Å². The number of halogens is 3. The first-order valence-electron chi connectivity index (χ1n) is 8.65. The Bertz CT molecular complexity index is 1060. The van der Waals surface area contributed by atoms with Crippen LogP contribution in [-0.2, 0) is 4.79 Å². The Hall–Kier alpha value is -2.81. The van der Waals surface area contributed by atoms with Gasteiger partial charge in [-0.1, -0.05) is 52.1 Å². The monoisotopic (exact) mass is 468 g/mol. The number of nitrogens with one attached hydrogen (secondary N) is 2. The third kappa shape index (κ3) is 6.09. The predicted octanol–water partition coefficient (Wildman–Crippen LogP) is 3.62. The lowest BCUT2D eigenvalue weighted by molar-refractivity contribution is -0.123. The van der Waals surface area contributed by atoms with Crippen molar-refractivity contribution >= 4 is 46.6 Å². The summed E-state index contributed by atoms with van der Waals surface area (Å²) in [6.45, 7) is 0.0979. The zero-order valence-corrected chi connectivity index (χ0v) is 17.6. The fraction of sp³-hybridized carbons (Fsp3) is 0.158. The maximum atomic E-state index is 12.1. The highest BCUT2D eigenvalue weighted by atomic mass is 35.5. The molecule has 0 aliphatic heterocycles. The van der Waals surface area contributed by atoms with Gasteiger partial charge < -0.3 is 19.9 Å². The summed E-state index contributed by atoms with van der Waals surface area (Å²) < 4.78 is 10.3. The first kappa shape index (κ1) is 21.9. The van der Waals surface area contributed by atoms with Gasteiger partial charge >= 0.3 is 11.8 Å². The van der Waals surface area contributed by atoms with Gasteiger partial charge in [-0.15, -0.1) is 0 Å².